The van der Waals surface area contributed by atoms with E-state index in [0.717, 1.165) is 11.3 Å². The Kier molecular flexibility index (Phi) is 6.48. The number of methoxy groups -OCH3 is 1. The number of nitriles is 1. The topological polar surface area (TPSA) is 91.5 Å². The van der Waals surface area contributed by atoms with Crippen molar-refractivity contribution in [3.8, 4) is 17.5 Å². The van der Waals surface area contributed by atoms with Crippen LogP contribution in [-0.4, -0.2) is 58.8 Å². The van der Waals surface area contributed by atoms with Crippen LogP contribution in [0.5, 0.6) is 5.75 Å². The molecule has 4 aromatic rings. The van der Waals surface area contributed by atoms with Gasteiger partial charge in [-0.15, -0.1) is 0 Å². The van der Waals surface area contributed by atoms with E-state index in [2.05, 4.69) is 16.1 Å². The fourth-order valence-corrected chi connectivity index (χ4v) is 4.58. The van der Waals surface area contributed by atoms with Gasteiger partial charge in [-0.1, -0.05) is 48.5 Å². The summed E-state index contributed by atoms with van der Waals surface area (Å²) in [5.41, 5.74) is 1.47. The smallest absolute Gasteiger partial charge is 0.279 e. The summed E-state index contributed by atoms with van der Waals surface area (Å²) in [5.74, 6) is 0.510. The number of aromatic nitrogens is 2. The highest BCUT2D eigenvalue weighted by Gasteiger charge is 2.29. The molecule has 1 aliphatic heterocycles. The minimum Gasteiger partial charge on any atom is -0.497 e. The minimum atomic E-state index is -0.410. The number of amides is 1. The molecular formula is C28H25N5O3. The number of benzene rings is 3. The highest BCUT2D eigenvalue weighted by molar-refractivity contribution is 6.04. The van der Waals surface area contributed by atoms with E-state index < -0.39 is 6.04 Å². The van der Waals surface area contributed by atoms with E-state index in [0.29, 0.717) is 42.6 Å². The fraction of sp³-hybridized carbons (Fsp3) is 0.214. The molecule has 1 fully saturated rings. The summed E-state index contributed by atoms with van der Waals surface area (Å²) in [6.07, 6.45) is 0. The lowest BCUT2D eigenvalue weighted by atomic mass is 10.0. The zero-order chi connectivity index (χ0) is 25.1. The summed E-state index contributed by atoms with van der Waals surface area (Å²) in [6, 6.07) is 25.6. The third-order valence-electron chi connectivity index (χ3n) is 6.53. The van der Waals surface area contributed by atoms with Crippen molar-refractivity contribution >= 4 is 16.7 Å². The Morgan fingerprint density at radius 1 is 0.917 bits per heavy atom. The molecule has 0 unspecified atom stereocenters. The van der Waals surface area contributed by atoms with Crippen LogP contribution in [0.25, 0.3) is 16.5 Å². The summed E-state index contributed by atoms with van der Waals surface area (Å²) in [5, 5.41) is 15.3. The first-order valence-electron chi connectivity index (χ1n) is 11.7. The molecule has 1 aliphatic rings. The van der Waals surface area contributed by atoms with Crippen LogP contribution in [0, 0.1) is 11.3 Å². The lowest BCUT2D eigenvalue weighted by molar-refractivity contribution is 0.0601. The standard InChI is InChI=1S/C28H25N5O3/c1-36-22-13-11-20(12-14-22)25(19-29)31-15-17-32(18-16-31)28(35)26-23-9-5-6-10-24(23)27(34)33(30-26)21-7-3-2-4-8-21/h2-14,25H,15-18H2,1H3/t25-/m1/s1. The first kappa shape index (κ1) is 23.3. The van der Waals surface area contributed by atoms with Crippen molar-refractivity contribution in [2.45, 2.75) is 6.04 Å². The molecule has 36 heavy (non-hydrogen) atoms. The number of para-hydroxylation sites is 1. The molecule has 3 aromatic carbocycles. The molecule has 1 aromatic heterocycles. The predicted octanol–water partition coefficient (Wildman–Crippen LogP) is 3.42. The maximum absolute atomic E-state index is 13.6. The lowest BCUT2D eigenvalue weighted by Crippen LogP contribution is -2.50. The van der Waals surface area contributed by atoms with Crippen molar-refractivity contribution in [3.05, 3.63) is 100 Å². The third-order valence-corrected chi connectivity index (χ3v) is 6.53. The molecule has 5 rings (SSSR count). The van der Waals surface area contributed by atoms with E-state index in [1.165, 1.54) is 4.68 Å². The number of carbonyl (C=O) groups is 1. The second-order valence-electron chi connectivity index (χ2n) is 8.58. The number of rotatable bonds is 5. The van der Waals surface area contributed by atoms with Crippen LogP contribution >= 0.6 is 0 Å². The van der Waals surface area contributed by atoms with E-state index in [1.54, 1.807) is 48.4 Å². The summed E-state index contributed by atoms with van der Waals surface area (Å²) in [7, 11) is 1.61. The molecule has 8 nitrogen and oxygen atoms in total. The zero-order valence-electron chi connectivity index (χ0n) is 19.9. The van der Waals surface area contributed by atoms with Gasteiger partial charge >= 0.3 is 0 Å². The van der Waals surface area contributed by atoms with Crippen LogP contribution in [0.15, 0.2) is 83.7 Å². The molecular weight excluding hydrogens is 454 g/mol. The average Bonchev–Trinajstić information content (AvgIpc) is 2.95. The number of piperazine rings is 1. The Labute approximate surface area is 208 Å². The van der Waals surface area contributed by atoms with Gasteiger partial charge in [-0.25, -0.2) is 0 Å². The van der Waals surface area contributed by atoms with Crippen LogP contribution in [0.1, 0.15) is 22.1 Å². The van der Waals surface area contributed by atoms with Gasteiger partial charge in [0, 0.05) is 31.6 Å². The molecule has 2 heterocycles. The molecule has 8 heteroatoms. The Hall–Kier alpha value is -4.48. The van der Waals surface area contributed by atoms with E-state index in [1.807, 2.05) is 42.5 Å². The van der Waals surface area contributed by atoms with Gasteiger partial charge < -0.3 is 9.64 Å². The number of nitrogens with zero attached hydrogens (tertiary/aromatic N) is 5. The molecule has 0 spiro atoms. The third kappa shape index (κ3) is 4.32. The van der Waals surface area contributed by atoms with Crippen LogP contribution in [0.3, 0.4) is 0 Å². The van der Waals surface area contributed by atoms with E-state index in [-0.39, 0.29) is 17.2 Å². The summed E-state index contributed by atoms with van der Waals surface area (Å²) in [4.78, 5) is 30.6. The van der Waals surface area contributed by atoms with Gasteiger partial charge in [-0.2, -0.15) is 15.0 Å². The van der Waals surface area contributed by atoms with Crippen LogP contribution in [0.2, 0.25) is 0 Å². The van der Waals surface area contributed by atoms with Crippen molar-refractivity contribution < 1.29 is 9.53 Å². The zero-order valence-corrected chi connectivity index (χ0v) is 19.9. The molecule has 1 atom stereocenters. The fourth-order valence-electron chi connectivity index (χ4n) is 4.58. The van der Waals surface area contributed by atoms with Crippen molar-refractivity contribution in [2.75, 3.05) is 33.3 Å². The number of carbonyl (C=O) groups excluding carboxylic acids is 1. The normalized spacial score (nSPS) is 14.8. The SMILES string of the molecule is COc1ccc([C@@H](C#N)N2CCN(C(=O)c3nn(-c4ccccc4)c(=O)c4ccccc34)CC2)cc1. The molecule has 1 saturated heterocycles. The van der Waals surface area contributed by atoms with Gasteiger partial charge in [-0.05, 0) is 35.9 Å². The van der Waals surface area contributed by atoms with Crippen molar-refractivity contribution in [1.29, 1.82) is 5.26 Å². The second-order valence-corrected chi connectivity index (χ2v) is 8.58. The van der Waals surface area contributed by atoms with Gasteiger partial charge in [0.1, 0.15) is 11.8 Å². The predicted molar refractivity (Wildman–Crippen MR) is 136 cm³/mol. The highest BCUT2D eigenvalue weighted by atomic mass is 16.5. The Morgan fingerprint density at radius 3 is 2.19 bits per heavy atom. The largest absolute Gasteiger partial charge is 0.497 e. The summed E-state index contributed by atoms with van der Waals surface area (Å²) < 4.78 is 6.51. The molecule has 0 N–H and O–H groups in total. The summed E-state index contributed by atoms with van der Waals surface area (Å²) >= 11 is 0. The quantitative estimate of drug-likeness (QED) is 0.436. The molecule has 0 aliphatic carbocycles. The number of fused-ring (bicyclic) bond motifs is 1. The van der Waals surface area contributed by atoms with Crippen molar-refractivity contribution in [3.63, 3.8) is 0 Å². The monoisotopic (exact) mass is 479 g/mol. The Balaban J connectivity index is 1.40. The van der Waals surface area contributed by atoms with Gasteiger partial charge in [-0.3, -0.25) is 14.5 Å². The maximum Gasteiger partial charge on any atom is 0.279 e. The van der Waals surface area contributed by atoms with Gasteiger partial charge in [0.15, 0.2) is 5.69 Å². The van der Waals surface area contributed by atoms with Crippen LogP contribution in [-0.2, 0) is 0 Å². The van der Waals surface area contributed by atoms with E-state index in [4.69, 9.17) is 4.74 Å². The Morgan fingerprint density at radius 2 is 1.56 bits per heavy atom. The average molecular weight is 480 g/mol. The van der Waals surface area contributed by atoms with Crippen LogP contribution < -0.4 is 10.3 Å². The minimum absolute atomic E-state index is 0.228. The molecule has 0 bridgehead atoms. The van der Waals surface area contributed by atoms with Crippen LogP contribution in [0.4, 0.5) is 0 Å². The van der Waals surface area contributed by atoms with Gasteiger partial charge in [0.2, 0.25) is 0 Å². The van der Waals surface area contributed by atoms with Gasteiger partial charge in [0.25, 0.3) is 11.5 Å². The molecule has 1 amide bonds. The van der Waals surface area contributed by atoms with Gasteiger partial charge in [0.05, 0.1) is 24.3 Å². The number of hydrogen-bond donors (Lipinski definition) is 0. The maximum atomic E-state index is 13.6. The molecule has 180 valence electrons. The Bertz CT molecular complexity index is 1480. The lowest BCUT2D eigenvalue weighted by Gasteiger charge is -2.37. The van der Waals surface area contributed by atoms with E-state index in [9.17, 15) is 14.9 Å². The number of hydrogen-bond acceptors (Lipinski definition) is 6. The van der Waals surface area contributed by atoms with E-state index >= 15 is 0 Å². The van der Waals surface area contributed by atoms with Crippen molar-refractivity contribution in [2.24, 2.45) is 0 Å². The highest BCUT2D eigenvalue weighted by Crippen LogP contribution is 2.25. The first-order chi connectivity index (χ1) is 17.6. The molecule has 0 saturated carbocycles. The number of ether oxygens (including phenoxy) is 1. The van der Waals surface area contributed by atoms with Crippen molar-refractivity contribution in [1.82, 2.24) is 19.6 Å². The second kappa shape index (κ2) is 10.0. The summed E-state index contributed by atoms with van der Waals surface area (Å²) in [6.45, 7) is 2.00. The first-order valence-corrected chi connectivity index (χ1v) is 11.7. The molecule has 0 radical (unpaired) electrons.